The molecule has 3 aromatic heterocycles. The van der Waals surface area contributed by atoms with E-state index in [4.69, 9.17) is 21.6 Å². The molecule has 0 saturated heterocycles. The van der Waals surface area contributed by atoms with E-state index in [0.29, 0.717) is 33.2 Å². The topological polar surface area (TPSA) is 123 Å². The Hall–Kier alpha value is -3.59. The normalized spacial score (nSPS) is 16.2. The predicted octanol–water partition coefficient (Wildman–Crippen LogP) is 1.89. The SMILES string of the molecule is C[C@H](Nc1cc(=NC2CC2)n2nc/c(=C\c3[nH]c(=O)[nH]c3O)c2n1)c1cccc(Cl)c1. The fraction of sp³-hybridized carbons (Fsp3) is 0.238. The number of hydrogen-bond donors (Lipinski definition) is 4. The molecule has 0 bridgehead atoms. The van der Waals surface area contributed by atoms with E-state index in [1.807, 2.05) is 37.3 Å². The van der Waals surface area contributed by atoms with Gasteiger partial charge in [0.05, 0.1) is 12.2 Å². The largest absolute Gasteiger partial charge is 0.493 e. The molecule has 5 rings (SSSR count). The number of hydrogen-bond acceptors (Lipinski definition) is 6. The molecule has 158 valence electrons. The lowest BCUT2D eigenvalue weighted by Crippen LogP contribution is -2.21. The van der Waals surface area contributed by atoms with E-state index in [2.05, 4.69) is 20.4 Å². The summed E-state index contributed by atoms with van der Waals surface area (Å²) in [6.45, 7) is 2.03. The minimum atomic E-state index is -0.490. The van der Waals surface area contributed by atoms with Gasteiger partial charge in [-0.15, -0.1) is 0 Å². The van der Waals surface area contributed by atoms with Gasteiger partial charge in [-0.3, -0.25) is 9.98 Å². The highest BCUT2D eigenvalue weighted by Gasteiger charge is 2.20. The number of fused-ring (bicyclic) bond motifs is 1. The summed E-state index contributed by atoms with van der Waals surface area (Å²) >= 11 is 6.13. The van der Waals surface area contributed by atoms with Crippen molar-refractivity contribution in [2.45, 2.75) is 31.8 Å². The summed E-state index contributed by atoms with van der Waals surface area (Å²) < 4.78 is 1.67. The van der Waals surface area contributed by atoms with Gasteiger partial charge in [0.1, 0.15) is 11.5 Å². The van der Waals surface area contributed by atoms with Crippen LogP contribution in [0.5, 0.6) is 5.88 Å². The molecule has 4 aromatic rings. The number of anilines is 1. The first-order chi connectivity index (χ1) is 15.0. The van der Waals surface area contributed by atoms with Gasteiger partial charge in [-0.05, 0) is 43.5 Å². The van der Waals surface area contributed by atoms with E-state index in [-0.39, 0.29) is 17.6 Å². The molecule has 0 radical (unpaired) electrons. The number of nitrogens with one attached hydrogen (secondary N) is 3. The maximum atomic E-state index is 11.5. The fourth-order valence-electron chi connectivity index (χ4n) is 3.35. The van der Waals surface area contributed by atoms with Crippen molar-refractivity contribution in [2.75, 3.05) is 5.32 Å². The first-order valence-corrected chi connectivity index (χ1v) is 10.3. The molecule has 1 aromatic carbocycles. The summed E-state index contributed by atoms with van der Waals surface area (Å²) in [5, 5.41) is 19.0. The number of rotatable bonds is 5. The highest BCUT2D eigenvalue weighted by molar-refractivity contribution is 6.30. The summed E-state index contributed by atoms with van der Waals surface area (Å²) in [6, 6.07) is 9.79. The van der Waals surface area contributed by atoms with Crippen molar-refractivity contribution in [3.63, 3.8) is 0 Å². The van der Waals surface area contributed by atoms with Crippen molar-refractivity contribution in [3.8, 4) is 5.88 Å². The number of aromatic amines is 2. The van der Waals surface area contributed by atoms with E-state index in [1.165, 1.54) is 0 Å². The summed E-state index contributed by atoms with van der Waals surface area (Å²) in [6.07, 6.45) is 5.37. The molecule has 31 heavy (non-hydrogen) atoms. The number of imidazole rings is 1. The van der Waals surface area contributed by atoms with E-state index >= 15 is 0 Å². The van der Waals surface area contributed by atoms with Crippen LogP contribution in [0, 0.1) is 0 Å². The highest BCUT2D eigenvalue weighted by atomic mass is 35.5. The van der Waals surface area contributed by atoms with E-state index in [9.17, 15) is 9.90 Å². The van der Waals surface area contributed by atoms with Crippen LogP contribution in [-0.4, -0.2) is 35.7 Å². The minimum Gasteiger partial charge on any atom is -0.493 e. The number of benzene rings is 1. The number of aromatic hydroxyl groups is 1. The number of halogens is 1. The van der Waals surface area contributed by atoms with Gasteiger partial charge >= 0.3 is 5.69 Å². The third-order valence-corrected chi connectivity index (χ3v) is 5.33. The summed E-state index contributed by atoms with van der Waals surface area (Å²) in [5.41, 5.74) is 2.05. The highest BCUT2D eigenvalue weighted by Crippen LogP contribution is 2.23. The van der Waals surface area contributed by atoms with Crippen LogP contribution < -0.4 is 21.7 Å². The lowest BCUT2D eigenvalue weighted by molar-refractivity contribution is 0.454. The summed E-state index contributed by atoms with van der Waals surface area (Å²) in [7, 11) is 0. The minimum absolute atomic E-state index is 0.0390. The molecule has 1 aliphatic rings. The smallest absolute Gasteiger partial charge is 0.326 e. The fourth-order valence-corrected chi connectivity index (χ4v) is 3.55. The molecule has 1 atom stereocenters. The average molecular weight is 438 g/mol. The van der Waals surface area contributed by atoms with Crippen LogP contribution in [0.25, 0.3) is 11.7 Å². The van der Waals surface area contributed by atoms with Crippen LogP contribution in [0.4, 0.5) is 5.82 Å². The van der Waals surface area contributed by atoms with Gasteiger partial charge in [-0.1, -0.05) is 23.7 Å². The molecule has 10 heteroatoms. The summed E-state index contributed by atoms with van der Waals surface area (Å²) in [4.78, 5) is 25.8. The second kappa shape index (κ2) is 7.59. The summed E-state index contributed by atoms with van der Waals surface area (Å²) in [5.74, 6) is 0.400. The van der Waals surface area contributed by atoms with Gasteiger partial charge < -0.3 is 15.4 Å². The van der Waals surface area contributed by atoms with Gasteiger partial charge in [0, 0.05) is 22.3 Å². The van der Waals surface area contributed by atoms with Crippen molar-refractivity contribution in [1.29, 1.82) is 0 Å². The molecule has 0 unspecified atom stereocenters. The third kappa shape index (κ3) is 4.04. The Morgan fingerprint density at radius 1 is 1.35 bits per heavy atom. The molecular weight excluding hydrogens is 418 g/mol. The van der Waals surface area contributed by atoms with Crippen LogP contribution in [0.2, 0.25) is 5.02 Å². The monoisotopic (exact) mass is 437 g/mol. The Morgan fingerprint density at radius 3 is 2.90 bits per heavy atom. The molecular formula is C21H20ClN7O2. The molecule has 4 N–H and O–H groups in total. The zero-order valence-corrected chi connectivity index (χ0v) is 17.4. The predicted molar refractivity (Wildman–Crippen MR) is 117 cm³/mol. The average Bonchev–Trinajstić information content (AvgIpc) is 3.37. The molecule has 1 aliphatic carbocycles. The molecule has 9 nitrogen and oxygen atoms in total. The molecule has 0 aliphatic heterocycles. The number of nitrogens with zero attached hydrogens (tertiary/aromatic N) is 4. The van der Waals surface area contributed by atoms with Crippen molar-refractivity contribution in [2.24, 2.45) is 4.99 Å². The lowest BCUT2D eigenvalue weighted by atomic mass is 10.1. The molecule has 1 fully saturated rings. The van der Waals surface area contributed by atoms with Crippen LogP contribution in [0.15, 0.2) is 46.3 Å². The van der Waals surface area contributed by atoms with Crippen LogP contribution in [0.3, 0.4) is 0 Å². The van der Waals surface area contributed by atoms with Gasteiger partial charge in [-0.2, -0.15) is 9.61 Å². The molecule has 0 amide bonds. The van der Waals surface area contributed by atoms with E-state index < -0.39 is 5.69 Å². The Bertz CT molecular complexity index is 1450. The maximum Gasteiger partial charge on any atom is 0.326 e. The van der Waals surface area contributed by atoms with Gasteiger partial charge in [0.2, 0.25) is 5.88 Å². The molecule has 1 saturated carbocycles. The van der Waals surface area contributed by atoms with Crippen molar-refractivity contribution >= 4 is 29.1 Å². The zero-order chi connectivity index (χ0) is 21.5. The Balaban J connectivity index is 1.62. The van der Waals surface area contributed by atoms with Gasteiger partial charge in [0.15, 0.2) is 11.1 Å². The van der Waals surface area contributed by atoms with Crippen molar-refractivity contribution in [3.05, 3.63) is 74.0 Å². The second-order valence-electron chi connectivity index (χ2n) is 7.60. The zero-order valence-electron chi connectivity index (χ0n) is 16.6. The van der Waals surface area contributed by atoms with Crippen LogP contribution in [-0.2, 0) is 0 Å². The molecule has 3 heterocycles. The van der Waals surface area contributed by atoms with Gasteiger partial charge in [0.25, 0.3) is 0 Å². The van der Waals surface area contributed by atoms with Crippen molar-refractivity contribution < 1.29 is 5.11 Å². The first-order valence-electron chi connectivity index (χ1n) is 9.94. The number of aromatic nitrogens is 5. The number of H-pyrrole nitrogens is 2. The molecule has 0 spiro atoms. The van der Waals surface area contributed by atoms with Crippen LogP contribution >= 0.6 is 11.6 Å². The standard InChI is InChI=1S/C21H20ClN7O2/c1-11(12-3-2-4-14(22)7-12)24-17-9-18(25-15-5-6-15)29-19(27-17)13(10-23-29)8-16-20(30)28-21(31)26-16/h2-4,7-11,15,24,30H,5-6H2,1H3,(H2,26,28,31)/b13-8+,25-18?/t11-/m0/s1. The van der Waals surface area contributed by atoms with Crippen LogP contribution in [0.1, 0.15) is 37.1 Å². The maximum absolute atomic E-state index is 11.5. The van der Waals surface area contributed by atoms with Gasteiger partial charge in [-0.25, -0.2) is 9.78 Å². The Kier molecular flexibility index (Phi) is 4.74. The van der Waals surface area contributed by atoms with E-state index in [0.717, 1.165) is 18.4 Å². The Morgan fingerprint density at radius 2 is 2.19 bits per heavy atom. The lowest BCUT2D eigenvalue weighted by Gasteiger charge is -2.15. The third-order valence-electron chi connectivity index (χ3n) is 5.09. The second-order valence-corrected chi connectivity index (χ2v) is 8.04. The Labute approximate surface area is 181 Å². The van der Waals surface area contributed by atoms with E-state index in [1.54, 1.807) is 16.8 Å². The quantitative estimate of drug-likeness (QED) is 0.379. The van der Waals surface area contributed by atoms with Crippen molar-refractivity contribution in [1.82, 2.24) is 24.6 Å². The first kappa shape index (κ1) is 19.4.